The highest BCUT2D eigenvalue weighted by Gasteiger charge is 2.18. The molecule has 0 fully saturated rings. The Morgan fingerprint density at radius 1 is 1.09 bits per heavy atom. The minimum atomic E-state index is 0.159. The van der Waals surface area contributed by atoms with Gasteiger partial charge in [-0.15, -0.1) is 5.10 Å². The van der Waals surface area contributed by atoms with Gasteiger partial charge in [-0.2, -0.15) is 0 Å². The van der Waals surface area contributed by atoms with Gasteiger partial charge in [0.15, 0.2) is 0 Å². The van der Waals surface area contributed by atoms with Gasteiger partial charge in [-0.25, -0.2) is 4.68 Å². The van der Waals surface area contributed by atoms with Crippen molar-refractivity contribution in [3.05, 3.63) is 0 Å². The lowest BCUT2D eigenvalue weighted by Crippen LogP contribution is -2.38. The van der Waals surface area contributed by atoms with E-state index in [1.54, 1.807) is 4.68 Å². The van der Waals surface area contributed by atoms with E-state index in [4.69, 9.17) is 0 Å². The fourth-order valence-corrected chi connectivity index (χ4v) is 2.93. The molecule has 0 aliphatic heterocycles. The first kappa shape index (κ1) is 18.9. The van der Waals surface area contributed by atoms with Crippen molar-refractivity contribution in [2.24, 2.45) is 17.8 Å². The van der Waals surface area contributed by atoms with Crippen molar-refractivity contribution in [2.75, 3.05) is 18.8 Å². The second-order valence-corrected chi connectivity index (χ2v) is 7.86. The van der Waals surface area contributed by atoms with Crippen LogP contribution in [0, 0.1) is 17.8 Å². The number of hydrogen-bond donors (Lipinski definition) is 0. The highest BCUT2D eigenvalue weighted by molar-refractivity contribution is 7.99. The Hall–Kier alpha value is -1.11. The standard InChI is InChI=1S/C15H29N5OS/c1-11(2)7-19(8-12(3)4)14(21)10-22-15-16-17-18-20(15)9-13(5)6/h11-13H,7-10H2,1-6H3. The molecule has 0 aliphatic rings. The van der Waals surface area contributed by atoms with Crippen LogP contribution in [0.1, 0.15) is 41.5 Å². The SMILES string of the molecule is CC(C)CN(CC(C)C)C(=O)CSc1nnnn1CC(C)C. The van der Waals surface area contributed by atoms with Crippen LogP contribution in [0.25, 0.3) is 0 Å². The number of nitrogens with zero attached hydrogens (tertiary/aromatic N) is 5. The molecule has 0 atom stereocenters. The maximum atomic E-state index is 12.5. The Kier molecular flexibility index (Phi) is 7.85. The van der Waals surface area contributed by atoms with Crippen LogP contribution >= 0.6 is 11.8 Å². The minimum absolute atomic E-state index is 0.159. The zero-order chi connectivity index (χ0) is 16.7. The van der Waals surface area contributed by atoms with Crippen molar-refractivity contribution < 1.29 is 4.79 Å². The first-order valence-corrected chi connectivity index (χ1v) is 8.94. The molecule has 1 aromatic heterocycles. The summed E-state index contributed by atoms with van der Waals surface area (Å²) in [6.07, 6.45) is 0. The molecule has 1 aromatic rings. The third kappa shape index (κ3) is 6.77. The molecule has 0 saturated carbocycles. The molecule has 1 heterocycles. The summed E-state index contributed by atoms with van der Waals surface area (Å²) >= 11 is 1.42. The van der Waals surface area contributed by atoms with Crippen LogP contribution in [0.2, 0.25) is 0 Å². The zero-order valence-electron chi connectivity index (χ0n) is 14.6. The molecule has 22 heavy (non-hydrogen) atoms. The smallest absolute Gasteiger partial charge is 0.233 e. The van der Waals surface area contributed by atoms with E-state index in [1.165, 1.54) is 11.8 Å². The monoisotopic (exact) mass is 327 g/mol. The number of carbonyl (C=O) groups excluding carboxylic acids is 1. The Labute approximate surface area is 138 Å². The molecule has 1 rings (SSSR count). The van der Waals surface area contributed by atoms with E-state index in [-0.39, 0.29) is 5.91 Å². The predicted molar refractivity (Wildman–Crippen MR) is 89.6 cm³/mol. The number of aromatic nitrogens is 4. The van der Waals surface area contributed by atoms with Crippen molar-refractivity contribution >= 4 is 17.7 Å². The summed E-state index contributed by atoms with van der Waals surface area (Å²) in [6.45, 7) is 15.2. The van der Waals surface area contributed by atoms with Gasteiger partial charge in [0.1, 0.15) is 0 Å². The Morgan fingerprint density at radius 3 is 2.18 bits per heavy atom. The van der Waals surface area contributed by atoms with Crippen molar-refractivity contribution in [3.8, 4) is 0 Å². The fraction of sp³-hybridized carbons (Fsp3) is 0.867. The van der Waals surface area contributed by atoms with Gasteiger partial charge in [0.2, 0.25) is 11.1 Å². The summed E-state index contributed by atoms with van der Waals surface area (Å²) in [5.74, 6) is 1.96. The van der Waals surface area contributed by atoms with Gasteiger partial charge in [0, 0.05) is 19.6 Å². The fourth-order valence-electron chi connectivity index (χ4n) is 2.14. The minimum Gasteiger partial charge on any atom is -0.341 e. The topological polar surface area (TPSA) is 63.9 Å². The molecule has 0 aliphatic carbocycles. The third-order valence-corrected chi connectivity index (χ3v) is 3.83. The van der Waals surface area contributed by atoms with Gasteiger partial charge >= 0.3 is 0 Å². The van der Waals surface area contributed by atoms with Crippen molar-refractivity contribution in [3.63, 3.8) is 0 Å². The van der Waals surface area contributed by atoms with Gasteiger partial charge in [-0.1, -0.05) is 53.3 Å². The molecule has 1 amide bonds. The van der Waals surface area contributed by atoms with E-state index in [2.05, 4.69) is 57.1 Å². The van der Waals surface area contributed by atoms with Gasteiger partial charge in [0.25, 0.3) is 0 Å². The molecule has 0 saturated heterocycles. The van der Waals surface area contributed by atoms with Crippen LogP contribution in [0.5, 0.6) is 0 Å². The predicted octanol–water partition coefficient (Wildman–Crippen LogP) is 2.56. The number of hydrogen-bond acceptors (Lipinski definition) is 5. The Bertz CT molecular complexity index is 449. The molecule has 0 bridgehead atoms. The summed E-state index contributed by atoms with van der Waals surface area (Å²) in [5, 5.41) is 12.4. The summed E-state index contributed by atoms with van der Waals surface area (Å²) in [5.41, 5.74) is 0. The lowest BCUT2D eigenvalue weighted by atomic mass is 10.1. The maximum absolute atomic E-state index is 12.5. The molecule has 0 aromatic carbocycles. The van der Waals surface area contributed by atoms with E-state index < -0.39 is 0 Å². The van der Waals surface area contributed by atoms with Crippen LogP contribution in [0.15, 0.2) is 5.16 Å². The molecule has 6 nitrogen and oxygen atoms in total. The lowest BCUT2D eigenvalue weighted by Gasteiger charge is -2.26. The van der Waals surface area contributed by atoms with E-state index in [1.807, 2.05) is 4.90 Å². The largest absolute Gasteiger partial charge is 0.341 e. The number of carbonyl (C=O) groups is 1. The van der Waals surface area contributed by atoms with E-state index in [0.29, 0.717) is 23.5 Å². The zero-order valence-corrected chi connectivity index (χ0v) is 15.4. The van der Waals surface area contributed by atoms with E-state index in [9.17, 15) is 4.79 Å². The highest BCUT2D eigenvalue weighted by Crippen LogP contribution is 2.16. The normalized spacial score (nSPS) is 11.7. The van der Waals surface area contributed by atoms with Gasteiger partial charge in [-0.05, 0) is 28.2 Å². The molecule has 0 spiro atoms. The lowest BCUT2D eigenvalue weighted by molar-refractivity contribution is -0.129. The first-order valence-electron chi connectivity index (χ1n) is 7.96. The molecule has 0 unspecified atom stereocenters. The second kappa shape index (κ2) is 9.12. The molecule has 0 radical (unpaired) electrons. The average Bonchev–Trinajstić information content (AvgIpc) is 2.80. The van der Waals surface area contributed by atoms with Crippen LogP contribution in [0.3, 0.4) is 0 Å². The summed E-state index contributed by atoms with van der Waals surface area (Å²) in [6, 6.07) is 0. The number of tetrazole rings is 1. The van der Waals surface area contributed by atoms with Crippen LogP contribution in [-0.4, -0.2) is 49.9 Å². The Balaban J connectivity index is 2.60. The highest BCUT2D eigenvalue weighted by atomic mass is 32.2. The number of amides is 1. The van der Waals surface area contributed by atoms with Crippen LogP contribution in [-0.2, 0) is 11.3 Å². The number of rotatable bonds is 9. The third-order valence-electron chi connectivity index (χ3n) is 2.89. The van der Waals surface area contributed by atoms with Crippen LogP contribution < -0.4 is 0 Å². The summed E-state index contributed by atoms with van der Waals surface area (Å²) in [7, 11) is 0. The van der Waals surface area contributed by atoms with Gasteiger partial charge < -0.3 is 4.90 Å². The average molecular weight is 327 g/mol. The van der Waals surface area contributed by atoms with Crippen molar-refractivity contribution in [1.29, 1.82) is 0 Å². The van der Waals surface area contributed by atoms with Gasteiger partial charge in [-0.3, -0.25) is 4.79 Å². The quantitative estimate of drug-likeness (QED) is 0.652. The van der Waals surface area contributed by atoms with E-state index in [0.717, 1.165) is 24.8 Å². The molecular weight excluding hydrogens is 298 g/mol. The molecule has 126 valence electrons. The van der Waals surface area contributed by atoms with Crippen LogP contribution in [0.4, 0.5) is 0 Å². The van der Waals surface area contributed by atoms with Gasteiger partial charge in [0.05, 0.1) is 5.75 Å². The summed E-state index contributed by atoms with van der Waals surface area (Å²) in [4.78, 5) is 14.4. The molecular formula is C15H29N5OS. The maximum Gasteiger partial charge on any atom is 0.233 e. The number of thioether (sulfide) groups is 1. The second-order valence-electron chi connectivity index (χ2n) is 6.91. The van der Waals surface area contributed by atoms with Crippen molar-refractivity contribution in [2.45, 2.75) is 53.2 Å². The molecule has 7 heteroatoms. The van der Waals surface area contributed by atoms with Crippen molar-refractivity contribution in [1.82, 2.24) is 25.1 Å². The Morgan fingerprint density at radius 2 is 1.68 bits per heavy atom. The molecule has 0 N–H and O–H groups in total. The first-order chi connectivity index (χ1) is 10.3. The van der Waals surface area contributed by atoms with E-state index >= 15 is 0 Å². The summed E-state index contributed by atoms with van der Waals surface area (Å²) < 4.78 is 1.78.